The zero-order chi connectivity index (χ0) is 21.3. The van der Waals surface area contributed by atoms with Gasteiger partial charge in [0.2, 0.25) is 5.91 Å². The normalized spacial score (nSPS) is 21.5. The number of rotatable bonds is 7. The second-order valence-electron chi connectivity index (χ2n) is 8.38. The summed E-state index contributed by atoms with van der Waals surface area (Å²) in [5, 5.41) is 3.22. The topological polar surface area (TPSA) is 52.0 Å². The maximum Gasteiger partial charge on any atom is 0.223 e. The van der Waals surface area contributed by atoms with Gasteiger partial charge in [-0.15, -0.1) is 0 Å². The fourth-order valence-corrected chi connectivity index (χ4v) is 4.59. The van der Waals surface area contributed by atoms with Gasteiger partial charge in [-0.25, -0.2) is 4.39 Å². The largest absolute Gasteiger partial charge is 0.493 e. The van der Waals surface area contributed by atoms with Crippen molar-refractivity contribution in [3.63, 3.8) is 0 Å². The summed E-state index contributed by atoms with van der Waals surface area (Å²) in [4.78, 5) is 13.7. The predicted octanol–water partition coefficient (Wildman–Crippen LogP) is 2.44. The lowest BCUT2D eigenvalue weighted by Gasteiger charge is -2.38. The minimum absolute atomic E-state index is 0.00383. The number of carbonyl (C=O) groups excluding carboxylic acids is 1. The van der Waals surface area contributed by atoms with Crippen molar-refractivity contribution >= 4 is 5.91 Å². The maximum absolute atomic E-state index is 14.4. The van der Waals surface area contributed by atoms with Crippen molar-refractivity contribution in [2.45, 2.75) is 44.8 Å². The average molecular weight is 414 g/mol. The van der Waals surface area contributed by atoms with E-state index in [0.717, 1.165) is 31.4 Å². The minimum atomic E-state index is -0.184. The summed E-state index contributed by atoms with van der Waals surface area (Å²) >= 11 is 0. The fourth-order valence-electron chi connectivity index (χ4n) is 4.59. The zero-order valence-corrected chi connectivity index (χ0v) is 17.8. The first-order valence-electron chi connectivity index (χ1n) is 10.6. The number of halogens is 1. The van der Waals surface area contributed by atoms with Gasteiger partial charge >= 0.3 is 0 Å². The molecule has 6 heteroatoms. The number of amides is 1. The van der Waals surface area contributed by atoms with Crippen LogP contribution in [0.1, 0.15) is 42.5 Å². The highest BCUT2D eigenvalue weighted by molar-refractivity contribution is 5.81. The van der Waals surface area contributed by atoms with Gasteiger partial charge in [0.05, 0.1) is 26.8 Å². The Labute approximate surface area is 177 Å². The van der Waals surface area contributed by atoms with Crippen molar-refractivity contribution in [1.29, 1.82) is 0 Å². The number of quaternary nitrogens is 1. The SMILES string of the molecule is COc1cc2c(cc1OC)[C@@H]([C@@H](C)NC(=O)C1CC1)[NH+](Cc1ccccc1F)CC2. The molecule has 5 nitrogen and oxygen atoms in total. The molecule has 1 saturated carbocycles. The lowest BCUT2D eigenvalue weighted by Crippen LogP contribution is -3.13. The molecule has 1 amide bonds. The van der Waals surface area contributed by atoms with Gasteiger partial charge in [0.1, 0.15) is 18.4 Å². The van der Waals surface area contributed by atoms with Crippen LogP contribution in [-0.4, -0.2) is 32.7 Å². The summed E-state index contributed by atoms with van der Waals surface area (Å²) in [6, 6.07) is 10.9. The molecule has 2 N–H and O–H groups in total. The van der Waals surface area contributed by atoms with Gasteiger partial charge in [0.15, 0.2) is 11.5 Å². The predicted molar refractivity (Wildman–Crippen MR) is 112 cm³/mol. The van der Waals surface area contributed by atoms with Crippen LogP contribution in [-0.2, 0) is 17.8 Å². The quantitative estimate of drug-likeness (QED) is 0.733. The van der Waals surface area contributed by atoms with Gasteiger partial charge in [-0.05, 0) is 43.5 Å². The molecule has 0 spiro atoms. The molecule has 30 heavy (non-hydrogen) atoms. The first-order chi connectivity index (χ1) is 14.5. The van der Waals surface area contributed by atoms with Crippen LogP contribution in [0.25, 0.3) is 0 Å². The highest BCUT2D eigenvalue weighted by atomic mass is 19.1. The minimum Gasteiger partial charge on any atom is -0.493 e. The molecule has 2 aromatic carbocycles. The molecule has 0 bridgehead atoms. The summed E-state index contributed by atoms with van der Waals surface area (Å²) in [5.41, 5.74) is 3.03. The first kappa shape index (κ1) is 20.7. The van der Waals surface area contributed by atoms with Crippen LogP contribution in [0.15, 0.2) is 36.4 Å². The highest BCUT2D eigenvalue weighted by Gasteiger charge is 2.39. The van der Waals surface area contributed by atoms with E-state index < -0.39 is 0 Å². The Morgan fingerprint density at radius 1 is 1.20 bits per heavy atom. The highest BCUT2D eigenvalue weighted by Crippen LogP contribution is 2.35. The molecule has 4 rings (SSSR count). The van der Waals surface area contributed by atoms with E-state index in [1.54, 1.807) is 20.3 Å². The van der Waals surface area contributed by atoms with Gasteiger partial charge in [-0.1, -0.05) is 18.2 Å². The molecule has 160 valence electrons. The van der Waals surface area contributed by atoms with E-state index in [1.807, 2.05) is 24.3 Å². The number of hydrogen-bond acceptors (Lipinski definition) is 3. The van der Waals surface area contributed by atoms with Crippen LogP contribution in [0, 0.1) is 11.7 Å². The molecule has 1 aliphatic heterocycles. The summed E-state index contributed by atoms with van der Waals surface area (Å²) in [7, 11) is 3.27. The van der Waals surface area contributed by atoms with Crippen molar-refractivity contribution in [2.24, 2.45) is 5.92 Å². The Hall–Kier alpha value is -2.60. The Bertz CT molecular complexity index is 929. The number of carbonyl (C=O) groups is 1. The second-order valence-corrected chi connectivity index (χ2v) is 8.38. The van der Waals surface area contributed by atoms with E-state index in [-0.39, 0.29) is 29.7 Å². The standard InChI is InChI=1S/C24H29FN2O3/c1-15(26-24(28)16-8-9-16)23-19-13-22(30-3)21(29-2)12-17(19)10-11-27(23)14-18-6-4-5-7-20(18)25/h4-7,12-13,15-16,23H,8-11,14H2,1-3H3,(H,26,28)/p+1/t15-,23-/m1/s1. The van der Waals surface area contributed by atoms with Crippen molar-refractivity contribution in [3.8, 4) is 11.5 Å². The molecule has 0 radical (unpaired) electrons. The molecule has 1 aliphatic carbocycles. The van der Waals surface area contributed by atoms with Crippen molar-refractivity contribution in [3.05, 3.63) is 58.9 Å². The summed E-state index contributed by atoms with van der Waals surface area (Å²) in [5.74, 6) is 1.48. The van der Waals surface area contributed by atoms with E-state index in [1.165, 1.54) is 16.5 Å². The molecule has 0 saturated heterocycles. The Kier molecular flexibility index (Phi) is 5.95. The maximum atomic E-state index is 14.4. The van der Waals surface area contributed by atoms with Crippen LogP contribution in [0.2, 0.25) is 0 Å². The van der Waals surface area contributed by atoms with E-state index in [2.05, 4.69) is 12.2 Å². The van der Waals surface area contributed by atoms with Crippen molar-refractivity contribution in [1.82, 2.24) is 5.32 Å². The molecule has 3 atom stereocenters. The van der Waals surface area contributed by atoms with E-state index in [0.29, 0.717) is 23.6 Å². The Morgan fingerprint density at radius 2 is 1.90 bits per heavy atom. The number of hydrogen-bond donors (Lipinski definition) is 2. The monoisotopic (exact) mass is 413 g/mol. The summed E-state index contributed by atoms with van der Waals surface area (Å²) in [6.45, 7) is 3.47. The van der Waals surface area contributed by atoms with E-state index >= 15 is 0 Å². The van der Waals surface area contributed by atoms with Crippen LogP contribution in [0.5, 0.6) is 11.5 Å². The molecular weight excluding hydrogens is 383 g/mol. The third-order valence-electron chi connectivity index (χ3n) is 6.33. The van der Waals surface area contributed by atoms with Gasteiger partial charge in [0, 0.05) is 23.5 Å². The van der Waals surface area contributed by atoms with Crippen LogP contribution in [0.3, 0.4) is 0 Å². The zero-order valence-electron chi connectivity index (χ0n) is 17.8. The van der Waals surface area contributed by atoms with Crippen LogP contribution >= 0.6 is 0 Å². The molecule has 1 heterocycles. The van der Waals surface area contributed by atoms with Crippen LogP contribution in [0.4, 0.5) is 4.39 Å². The van der Waals surface area contributed by atoms with Crippen LogP contribution < -0.4 is 19.7 Å². The second kappa shape index (κ2) is 8.64. The Balaban J connectivity index is 1.69. The van der Waals surface area contributed by atoms with Gasteiger partial charge in [0.25, 0.3) is 0 Å². The number of fused-ring (bicyclic) bond motifs is 1. The number of methoxy groups -OCH3 is 2. The summed E-state index contributed by atoms with van der Waals surface area (Å²) in [6.07, 6.45) is 2.80. The summed E-state index contributed by atoms with van der Waals surface area (Å²) < 4.78 is 25.4. The van der Waals surface area contributed by atoms with Gasteiger partial charge < -0.3 is 19.7 Å². The first-order valence-corrected chi connectivity index (χ1v) is 10.6. The average Bonchev–Trinajstić information content (AvgIpc) is 3.59. The fraction of sp³-hybridized carbons (Fsp3) is 0.458. The lowest BCUT2D eigenvalue weighted by atomic mass is 9.87. The Morgan fingerprint density at radius 3 is 2.57 bits per heavy atom. The van der Waals surface area contributed by atoms with Crippen molar-refractivity contribution < 1.29 is 23.6 Å². The molecule has 1 fully saturated rings. The molecule has 0 aromatic heterocycles. The van der Waals surface area contributed by atoms with Crippen molar-refractivity contribution in [2.75, 3.05) is 20.8 Å². The molecule has 2 aliphatic rings. The smallest absolute Gasteiger partial charge is 0.223 e. The number of benzene rings is 2. The lowest BCUT2D eigenvalue weighted by molar-refractivity contribution is -0.948. The van der Waals surface area contributed by atoms with E-state index in [9.17, 15) is 9.18 Å². The molecule has 1 unspecified atom stereocenters. The van der Waals surface area contributed by atoms with Gasteiger partial charge in [-0.3, -0.25) is 4.79 Å². The number of ether oxygens (including phenoxy) is 2. The van der Waals surface area contributed by atoms with E-state index in [4.69, 9.17) is 9.47 Å². The number of nitrogens with one attached hydrogen (secondary N) is 2. The molecule has 2 aromatic rings. The third kappa shape index (κ3) is 4.15. The third-order valence-corrected chi connectivity index (χ3v) is 6.33. The van der Waals surface area contributed by atoms with Gasteiger partial charge in [-0.2, -0.15) is 0 Å². The molecular formula is C24H30FN2O3+.